The number of hydrogen-bond donors (Lipinski definition) is 2. The summed E-state index contributed by atoms with van der Waals surface area (Å²) in [7, 11) is 0. The van der Waals surface area contributed by atoms with Gasteiger partial charge in [-0.15, -0.1) is 0 Å². The summed E-state index contributed by atoms with van der Waals surface area (Å²) < 4.78 is 14.1. The van der Waals surface area contributed by atoms with Crippen molar-refractivity contribution in [2.24, 2.45) is 29.1 Å². The van der Waals surface area contributed by atoms with Gasteiger partial charge < -0.3 is 10.2 Å². The number of nitrogens with zero attached hydrogens (tertiary/aromatic N) is 2. The van der Waals surface area contributed by atoms with Crippen LogP contribution < -0.4 is 4.90 Å². The average Bonchev–Trinajstić information content (AvgIpc) is 3.38. The number of phenols is 1. The number of carbonyl (C=O) groups is 5. The molecule has 2 heterocycles. The third-order valence-corrected chi connectivity index (χ3v) is 10.8. The van der Waals surface area contributed by atoms with Crippen molar-refractivity contribution in [2.75, 3.05) is 11.4 Å². The van der Waals surface area contributed by atoms with Gasteiger partial charge in [0.05, 0.1) is 33.9 Å². The number of allylic oxidation sites excluding steroid dienone is 2. The Hall–Kier alpha value is -4.57. The lowest BCUT2D eigenvalue weighted by Crippen LogP contribution is -2.49. The van der Waals surface area contributed by atoms with E-state index in [-0.39, 0.29) is 54.6 Å². The molecule has 2 aliphatic heterocycles. The molecule has 2 N–H and O–H groups in total. The molecule has 9 nitrogen and oxygen atoms in total. The number of phenolic OH excluding ortho intramolecular Hbond substituents is 1. The van der Waals surface area contributed by atoms with Crippen molar-refractivity contribution in [1.29, 1.82) is 0 Å². The molecule has 236 valence electrons. The Kier molecular flexibility index (Phi) is 7.04. The van der Waals surface area contributed by atoms with Crippen LogP contribution in [-0.4, -0.2) is 51.3 Å². The Morgan fingerprint density at radius 1 is 1.00 bits per heavy atom. The Morgan fingerprint density at radius 3 is 2.46 bits per heavy atom. The lowest BCUT2D eigenvalue weighted by atomic mass is 9.51. The molecule has 6 atom stereocenters. The number of carboxylic acids is 1. The number of hydrogen-bond acceptors (Lipinski definition) is 6. The molecule has 7 rings (SSSR count). The van der Waals surface area contributed by atoms with Gasteiger partial charge >= 0.3 is 5.97 Å². The van der Waals surface area contributed by atoms with Gasteiger partial charge in [-0.2, -0.15) is 0 Å². The molecule has 4 aliphatic rings. The number of aromatic hydroxyl groups is 1. The molecule has 11 heteroatoms. The molecular weight excluding hydrogens is 615 g/mol. The molecule has 1 saturated carbocycles. The monoisotopic (exact) mass is 644 g/mol. The number of likely N-dealkylation sites (tertiary alicyclic amines) is 1. The van der Waals surface area contributed by atoms with Crippen molar-refractivity contribution in [2.45, 2.75) is 38.5 Å². The standard InChI is InChI=1S/C35H30ClFN2O7/c1-35-24(32(44)39(34(35)46)17-8-12-26(37)25(36)15-17)16-23-21(30(35)20-11-13-27(40)19-6-3-2-5-18(19)20)9-10-22-29(23)33(45)38(31(22)43)14-4-7-28(41)42/h2-3,5-6,8-9,11-13,15,22-24,29-30,40H,4,7,10,14,16H2,1H3,(H,41,42). The summed E-state index contributed by atoms with van der Waals surface area (Å²) in [4.78, 5) is 69.7. The number of fused-ring (bicyclic) bond motifs is 5. The number of carbonyl (C=O) groups excluding carboxylic acids is 4. The molecule has 0 aromatic heterocycles. The van der Waals surface area contributed by atoms with Crippen molar-refractivity contribution in [3.8, 4) is 5.75 Å². The maximum atomic E-state index is 14.6. The molecule has 3 aromatic rings. The molecule has 0 radical (unpaired) electrons. The normalized spacial score (nSPS) is 28.8. The second kappa shape index (κ2) is 10.8. The van der Waals surface area contributed by atoms with Crippen LogP contribution in [0.1, 0.15) is 44.1 Å². The fourth-order valence-corrected chi connectivity index (χ4v) is 8.64. The average molecular weight is 645 g/mol. The van der Waals surface area contributed by atoms with Gasteiger partial charge in [0.1, 0.15) is 11.6 Å². The van der Waals surface area contributed by atoms with Gasteiger partial charge in [-0.05, 0) is 67.3 Å². The van der Waals surface area contributed by atoms with Crippen LogP contribution in [0, 0.1) is 34.9 Å². The van der Waals surface area contributed by atoms with E-state index in [2.05, 4.69) is 0 Å². The number of anilines is 1. The summed E-state index contributed by atoms with van der Waals surface area (Å²) in [6, 6.07) is 14.2. The first-order valence-electron chi connectivity index (χ1n) is 15.3. The van der Waals surface area contributed by atoms with Crippen LogP contribution in [0.3, 0.4) is 0 Å². The molecule has 6 unspecified atom stereocenters. The van der Waals surface area contributed by atoms with Crippen LogP contribution in [0.5, 0.6) is 5.75 Å². The zero-order valence-electron chi connectivity index (χ0n) is 24.8. The van der Waals surface area contributed by atoms with Gasteiger partial charge in [-0.1, -0.05) is 53.6 Å². The minimum Gasteiger partial charge on any atom is -0.507 e. The number of aliphatic carboxylic acids is 1. The van der Waals surface area contributed by atoms with E-state index in [0.29, 0.717) is 16.3 Å². The van der Waals surface area contributed by atoms with Crippen LogP contribution in [0.4, 0.5) is 10.1 Å². The summed E-state index contributed by atoms with van der Waals surface area (Å²) in [5.41, 5.74) is 0.285. The number of benzene rings is 3. The summed E-state index contributed by atoms with van der Waals surface area (Å²) >= 11 is 6.07. The Balaban J connectivity index is 1.38. The van der Waals surface area contributed by atoms with Crippen molar-refractivity contribution >= 4 is 57.7 Å². The van der Waals surface area contributed by atoms with Crippen LogP contribution in [-0.2, 0) is 24.0 Å². The van der Waals surface area contributed by atoms with Crippen molar-refractivity contribution < 1.29 is 38.6 Å². The second-order valence-corrected chi connectivity index (χ2v) is 13.2. The largest absolute Gasteiger partial charge is 0.507 e. The first-order chi connectivity index (χ1) is 21.9. The fraction of sp³-hybridized carbons (Fsp3) is 0.343. The minimum absolute atomic E-state index is 0.0112. The van der Waals surface area contributed by atoms with E-state index in [4.69, 9.17) is 16.7 Å². The highest BCUT2D eigenvalue weighted by atomic mass is 35.5. The molecule has 0 spiro atoms. The van der Waals surface area contributed by atoms with Crippen molar-refractivity contribution in [3.63, 3.8) is 0 Å². The van der Waals surface area contributed by atoms with Gasteiger partial charge in [0.2, 0.25) is 23.6 Å². The Bertz CT molecular complexity index is 1910. The molecule has 0 bridgehead atoms. The predicted molar refractivity (Wildman–Crippen MR) is 165 cm³/mol. The SMILES string of the molecule is CC12C(=O)N(c3ccc(F)c(Cl)c3)C(=O)C1CC1C(=CCC3C(=O)N(CCCC(=O)O)C(=O)C31)C2c1ccc(O)c2ccccc12. The smallest absolute Gasteiger partial charge is 0.303 e. The van der Waals surface area contributed by atoms with E-state index in [1.54, 1.807) is 31.2 Å². The quantitative estimate of drug-likeness (QED) is 0.270. The van der Waals surface area contributed by atoms with Crippen LogP contribution in [0.25, 0.3) is 10.8 Å². The first kappa shape index (κ1) is 30.1. The fourth-order valence-electron chi connectivity index (χ4n) is 8.46. The highest BCUT2D eigenvalue weighted by Crippen LogP contribution is 2.64. The molecule has 3 fully saturated rings. The molecule has 4 amide bonds. The first-order valence-corrected chi connectivity index (χ1v) is 15.6. The van der Waals surface area contributed by atoms with Gasteiger partial charge in [-0.3, -0.25) is 28.9 Å². The minimum atomic E-state index is -1.33. The molecule has 46 heavy (non-hydrogen) atoms. The van der Waals surface area contributed by atoms with E-state index in [9.17, 15) is 33.5 Å². The van der Waals surface area contributed by atoms with Gasteiger partial charge in [0, 0.05) is 24.3 Å². The van der Waals surface area contributed by atoms with Gasteiger partial charge in [0.25, 0.3) is 0 Å². The topological polar surface area (TPSA) is 132 Å². The molecular formula is C35H30ClFN2O7. The number of halogens is 2. The Morgan fingerprint density at radius 2 is 1.74 bits per heavy atom. The number of carboxylic acid groups (broad SMARTS) is 1. The maximum absolute atomic E-state index is 14.6. The van der Waals surface area contributed by atoms with E-state index >= 15 is 0 Å². The van der Waals surface area contributed by atoms with E-state index in [0.717, 1.165) is 21.4 Å². The zero-order chi connectivity index (χ0) is 32.7. The Labute approximate surface area is 268 Å². The highest BCUT2D eigenvalue weighted by molar-refractivity contribution is 6.31. The molecule has 2 aliphatic carbocycles. The molecule has 3 aromatic carbocycles. The summed E-state index contributed by atoms with van der Waals surface area (Å²) in [5.74, 6) is -6.99. The van der Waals surface area contributed by atoms with Gasteiger partial charge in [-0.25, -0.2) is 9.29 Å². The van der Waals surface area contributed by atoms with Crippen LogP contribution in [0.2, 0.25) is 5.02 Å². The van der Waals surface area contributed by atoms with Crippen molar-refractivity contribution in [3.05, 3.63) is 82.6 Å². The van der Waals surface area contributed by atoms with E-state index in [1.807, 2.05) is 18.2 Å². The number of imide groups is 2. The highest BCUT2D eigenvalue weighted by Gasteiger charge is 2.67. The molecule has 2 saturated heterocycles. The summed E-state index contributed by atoms with van der Waals surface area (Å²) in [6.07, 6.45) is 2.26. The summed E-state index contributed by atoms with van der Waals surface area (Å²) in [6.45, 7) is 1.74. The third kappa shape index (κ3) is 4.22. The zero-order valence-corrected chi connectivity index (χ0v) is 25.5. The third-order valence-electron chi connectivity index (χ3n) is 10.5. The lowest BCUT2D eigenvalue weighted by Gasteiger charge is -2.49. The van der Waals surface area contributed by atoms with E-state index in [1.165, 1.54) is 12.1 Å². The van der Waals surface area contributed by atoms with Gasteiger partial charge in [0.15, 0.2) is 0 Å². The second-order valence-electron chi connectivity index (χ2n) is 12.8. The van der Waals surface area contributed by atoms with Crippen molar-refractivity contribution in [1.82, 2.24) is 4.90 Å². The summed E-state index contributed by atoms with van der Waals surface area (Å²) in [5, 5.41) is 20.8. The lowest BCUT2D eigenvalue weighted by molar-refractivity contribution is -0.142. The van der Waals surface area contributed by atoms with Crippen LogP contribution in [0.15, 0.2) is 66.2 Å². The van der Waals surface area contributed by atoms with Crippen LogP contribution >= 0.6 is 11.6 Å². The number of rotatable bonds is 6. The maximum Gasteiger partial charge on any atom is 0.303 e. The number of amides is 4. The van der Waals surface area contributed by atoms with E-state index < -0.39 is 64.5 Å². The predicted octanol–water partition coefficient (Wildman–Crippen LogP) is 5.43.